The van der Waals surface area contributed by atoms with E-state index in [1.54, 1.807) is 12.1 Å². The van der Waals surface area contributed by atoms with Crippen LogP contribution in [-0.4, -0.2) is 16.2 Å². The second-order valence-electron chi connectivity index (χ2n) is 4.93. The van der Waals surface area contributed by atoms with Gasteiger partial charge in [-0.05, 0) is 46.4 Å². The van der Waals surface area contributed by atoms with E-state index in [1.807, 2.05) is 36.4 Å². The Morgan fingerprint density at radius 1 is 1.19 bits per heavy atom. The minimum Gasteiger partial charge on any atom is -0.472 e. The van der Waals surface area contributed by atoms with Gasteiger partial charge in [0.05, 0.1) is 5.56 Å². The molecule has 1 heterocycles. The quantitative estimate of drug-likeness (QED) is 0.510. The van der Waals surface area contributed by atoms with E-state index in [4.69, 9.17) is 27.9 Å². The summed E-state index contributed by atoms with van der Waals surface area (Å²) < 4.78 is 6.61. The van der Waals surface area contributed by atoms with Gasteiger partial charge in [0.25, 0.3) is 0 Å². The van der Waals surface area contributed by atoms with Crippen molar-refractivity contribution in [2.75, 3.05) is 0 Å². The van der Waals surface area contributed by atoms with Crippen molar-refractivity contribution in [3.63, 3.8) is 0 Å². The van der Waals surface area contributed by atoms with E-state index in [2.05, 4.69) is 22.6 Å². The standard InChI is InChI=1S/C16H11Cl2IO2/c17-15-16(18,9-10-4-2-1-3-5-10)14(20)12-8-11(19)6-7-13(12)21-15/h1-8,15H,9H2. The van der Waals surface area contributed by atoms with Gasteiger partial charge in [-0.1, -0.05) is 41.9 Å². The zero-order valence-electron chi connectivity index (χ0n) is 10.9. The molecule has 0 saturated carbocycles. The average molecular weight is 433 g/mol. The van der Waals surface area contributed by atoms with Gasteiger partial charge >= 0.3 is 0 Å². The summed E-state index contributed by atoms with van der Waals surface area (Å²) in [5.74, 6) is 0.303. The molecule has 2 unspecified atom stereocenters. The lowest BCUT2D eigenvalue weighted by Gasteiger charge is -2.35. The third-order valence-electron chi connectivity index (χ3n) is 3.46. The maximum Gasteiger partial charge on any atom is 0.198 e. The van der Waals surface area contributed by atoms with Crippen molar-refractivity contribution in [3.8, 4) is 5.75 Å². The van der Waals surface area contributed by atoms with E-state index in [1.165, 1.54) is 0 Å². The van der Waals surface area contributed by atoms with Crippen LogP contribution < -0.4 is 4.74 Å². The molecule has 0 amide bonds. The summed E-state index contributed by atoms with van der Waals surface area (Å²) in [4.78, 5) is 11.5. The van der Waals surface area contributed by atoms with Crippen LogP contribution in [-0.2, 0) is 6.42 Å². The third-order valence-corrected chi connectivity index (χ3v) is 5.21. The molecule has 0 saturated heterocycles. The molecule has 5 heteroatoms. The maximum absolute atomic E-state index is 12.8. The number of ketones is 1. The van der Waals surface area contributed by atoms with Gasteiger partial charge in [-0.25, -0.2) is 0 Å². The Bertz CT molecular complexity index is 690. The molecule has 21 heavy (non-hydrogen) atoms. The van der Waals surface area contributed by atoms with Crippen LogP contribution in [0.15, 0.2) is 48.5 Å². The SMILES string of the molecule is O=C1c2cc(I)ccc2OC(Cl)C1(Cl)Cc1ccccc1. The Morgan fingerprint density at radius 3 is 2.62 bits per heavy atom. The first-order chi connectivity index (χ1) is 10.0. The molecule has 2 aromatic rings. The molecule has 0 aromatic heterocycles. The molecule has 2 atom stereocenters. The summed E-state index contributed by atoms with van der Waals surface area (Å²) in [5.41, 5.74) is 0.536. The fraction of sp³-hybridized carbons (Fsp3) is 0.188. The molecule has 3 rings (SSSR count). The number of hydrogen-bond donors (Lipinski definition) is 0. The summed E-state index contributed by atoms with van der Waals surface area (Å²) in [6, 6.07) is 15.0. The smallest absolute Gasteiger partial charge is 0.198 e. The largest absolute Gasteiger partial charge is 0.472 e. The lowest BCUT2D eigenvalue weighted by molar-refractivity contribution is 0.0827. The number of hydrogen-bond acceptors (Lipinski definition) is 2. The molecular formula is C16H11Cl2IO2. The van der Waals surface area contributed by atoms with Crippen LogP contribution in [0.1, 0.15) is 15.9 Å². The number of ether oxygens (including phenoxy) is 1. The first-order valence-electron chi connectivity index (χ1n) is 6.38. The fourth-order valence-electron chi connectivity index (χ4n) is 2.37. The molecule has 2 nitrogen and oxygen atoms in total. The van der Waals surface area contributed by atoms with Crippen molar-refractivity contribution in [1.82, 2.24) is 0 Å². The van der Waals surface area contributed by atoms with Crippen molar-refractivity contribution in [3.05, 3.63) is 63.2 Å². The molecule has 0 N–H and O–H groups in total. The van der Waals surface area contributed by atoms with Crippen LogP contribution in [0, 0.1) is 3.57 Å². The van der Waals surface area contributed by atoms with Crippen LogP contribution in [0.5, 0.6) is 5.75 Å². The summed E-state index contributed by atoms with van der Waals surface area (Å²) >= 11 is 15.0. The van der Waals surface area contributed by atoms with Crippen LogP contribution in [0.2, 0.25) is 0 Å². The number of Topliss-reactive ketones (excluding diaryl/α,β-unsaturated/α-hetero) is 1. The second kappa shape index (κ2) is 5.78. The highest BCUT2D eigenvalue weighted by molar-refractivity contribution is 14.1. The summed E-state index contributed by atoms with van der Waals surface area (Å²) in [7, 11) is 0. The number of rotatable bonds is 2. The van der Waals surface area contributed by atoms with Crippen molar-refractivity contribution in [2.45, 2.75) is 16.9 Å². The van der Waals surface area contributed by atoms with Crippen molar-refractivity contribution < 1.29 is 9.53 Å². The number of fused-ring (bicyclic) bond motifs is 1. The maximum atomic E-state index is 12.8. The third kappa shape index (κ3) is 2.79. The van der Waals surface area contributed by atoms with E-state index in [0.717, 1.165) is 9.13 Å². The van der Waals surface area contributed by atoms with E-state index in [-0.39, 0.29) is 5.78 Å². The van der Waals surface area contributed by atoms with Crippen molar-refractivity contribution >= 4 is 51.6 Å². The van der Waals surface area contributed by atoms with Crippen molar-refractivity contribution in [2.24, 2.45) is 0 Å². The topological polar surface area (TPSA) is 26.3 Å². The molecule has 0 bridgehead atoms. The molecule has 1 aliphatic heterocycles. The monoisotopic (exact) mass is 432 g/mol. The highest BCUT2D eigenvalue weighted by Crippen LogP contribution is 2.41. The predicted octanol–water partition coefficient (Wildman–Crippen LogP) is 4.65. The first kappa shape index (κ1) is 15.1. The molecule has 1 aliphatic rings. The molecule has 108 valence electrons. The van der Waals surface area contributed by atoms with Gasteiger partial charge in [0, 0.05) is 9.99 Å². The molecule has 0 aliphatic carbocycles. The normalized spacial score (nSPS) is 24.3. The van der Waals surface area contributed by atoms with Gasteiger partial charge in [0.2, 0.25) is 0 Å². The van der Waals surface area contributed by atoms with E-state index < -0.39 is 10.4 Å². The molecule has 0 fully saturated rings. The Morgan fingerprint density at radius 2 is 1.90 bits per heavy atom. The predicted molar refractivity (Wildman–Crippen MR) is 92.5 cm³/mol. The van der Waals surface area contributed by atoms with Gasteiger partial charge in [0.1, 0.15) is 5.75 Å². The minimum absolute atomic E-state index is 0.187. The number of carbonyl (C=O) groups excluding carboxylic acids is 1. The number of halogens is 3. The molecule has 0 radical (unpaired) electrons. The van der Waals surface area contributed by atoms with Crippen LogP contribution in [0.25, 0.3) is 0 Å². The van der Waals surface area contributed by atoms with Crippen LogP contribution in [0.4, 0.5) is 0 Å². The van der Waals surface area contributed by atoms with Gasteiger partial charge in [-0.15, -0.1) is 11.6 Å². The highest BCUT2D eigenvalue weighted by Gasteiger charge is 2.49. The lowest BCUT2D eigenvalue weighted by atomic mass is 9.88. The zero-order chi connectivity index (χ0) is 15.0. The number of benzene rings is 2. The van der Waals surface area contributed by atoms with E-state index >= 15 is 0 Å². The molecule has 2 aromatic carbocycles. The summed E-state index contributed by atoms with van der Waals surface area (Å²) in [5, 5.41) is 0. The molecule has 0 spiro atoms. The Labute approximate surface area is 146 Å². The summed E-state index contributed by atoms with van der Waals surface area (Å²) in [6.45, 7) is 0. The highest BCUT2D eigenvalue weighted by atomic mass is 127. The zero-order valence-corrected chi connectivity index (χ0v) is 14.5. The van der Waals surface area contributed by atoms with Crippen LogP contribution in [0.3, 0.4) is 0 Å². The minimum atomic E-state index is -1.29. The van der Waals surface area contributed by atoms with E-state index in [0.29, 0.717) is 17.7 Å². The van der Waals surface area contributed by atoms with Crippen LogP contribution >= 0.6 is 45.8 Å². The number of carbonyl (C=O) groups is 1. The Kier molecular flexibility index (Phi) is 4.17. The lowest BCUT2D eigenvalue weighted by Crippen LogP contribution is -2.49. The van der Waals surface area contributed by atoms with Gasteiger partial charge in [-0.2, -0.15) is 0 Å². The van der Waals surface area contributed by atoms with Crippen molar-refractivity contribution in [1.29, 1.82) is 0 Å². The Balaban J connectivity index is 2.01. The first-order valence-corrected chi connectivity index (χ1v) is 8.28. The van der Waals surface area contributed by atoms with Gasteiger partial charge in [-0.3, -0.25) is 4.79 Å². The second-order valence-corrected chi connectivity index (χ2v) is 7.24. The van der Waals surface area contributed by atoms with E-state index in [9.17, 15) is 4.79 Å². The Hall–Kier alpha value is -0.780. The molecular weight excluding hydrogens is 422 g/mol. The summed E-state index contributed by atoms with van der Waals surface area (Å²) in [6.07, 6.45) is 0.327. The average Bonchev–Trinajstić information content (AvgIpc) is 2.48. The fourth-order valence-corrected chi connectivity index (χ4v) is 3.43. The van der Waals surface area contributed by atoms with Gasteiger partial charge in [0.15, 0.2) is 16.2 Å². The van der Waals surface area contributed by atoms with Gasteiger partial charge < -0.3 is 4.74 Å². The number of alkyl halides is 2.